The molecule has 0 aliphatic rings. The zero-order valence-electron chi connectivity index (χ0n) is 6.51. The Morgan fingerprint density at radius 3 is 2.10 bits per heavy atom. The lowest BCUT2D eigenvalue weighted by atomic mass is 10.0. The van der Waals surface area contributed by atoms with Gasteiger partial charge in [0.15, 0.2) is 5.78 Å². The molecule has 0 bridgehead atoms. The standard InChI is InChI=1S/C6H13NO2.ClH/c1-6(2,9-3)5(8)4-7;/h4,7H2,1-3H3;1H. The van der Waals surface area contributed by atoms with Gasteiger partial charge in [-0.1, -0.05) is 0 Å². The van der Waals surface area contributed by atoms with Crippen LogP contribution in [0, 0.1) is 0 Å². The van der Waals surface area contributed by atoms with E-state index in [4.69, 9.17) is 10.5 Å². The van der Waals surface area contributed by atoms with Crippen molar-refractivity contribution in [1.29, 1.82) is 0 Å². The van der Waals surface area contributed by atoms with Crippen molar-refractivity contribution in [2.75, 3.05) is 13.7 Å². The number of carbonyl (C=O) groups excluding carboxylic acids is 1. The summed E-state index contributed by atoms with van der Waals surface area (Å²) in [5.74, 6) is -0.0787. The largest absolute Gasteiger partial charge is 0.371 e. The smallest absolute Gasteiger partial charge is 0.177 e. The van der Waals surface area contributed by atoms with Crippen LogP contribution in [-0.2, 0) is 9.53 Å². The van der Waals surface area contributed by atoms with Crippen molar-refractivity contribution in [1.82, 2.24) is 0 Å². The van der Waals surface area contributed by atoms with Gasteiger partial charge in [-0.05, 0) is 13.8 Å². The number of ether oxygens (including phenoxy) is 1. The first-order chi connectivity index (χ1) is 4.04. The van der Waals surface area contributed by atoms with Crippen LogP contribution in [0.5, 0.6) is 0 Å². The summed E-state index contributed by atoms with van der Waals surface area (Å²) in [7, 11) is 1.49. The third kappa shape index (κ3) is 3.15. The molecule has 10 heavy (non-hydrogen) atoms. The Labute approximate surface area is 67.3 Å². The summed E-state index contributed by atoms with van der Waals surface area (Å²) in [5, 5.41) is 0. The number of hydrogen-bond acceptors (Lipinski definition) is 3. The van der Waals surface area contributed by atoms with E-state index in [1.165, 1.54) is 7.11 Å². The molecule has 0 unspecified atom stereocenters. The Morgan fingerprint density at radius 2 is 2.00 bits per heavy atom. The summed E-state index contributed by atoms with van der Waals surface area (Å²) in [6.45, 7) is 3.44. The van der Waals surface area contributed by atoms with Crippen molar-refractivity contribution in [3.8, 4) is 0 Å². The molecular weight excluding hydrogens is 154 g/mol. The number of rotatable bonds is 3. The molecule has 0 fully saturated rings. The number of nitrogens with two attached hydrogens (primary N) is 1. The third-order valence-corrected chi connectivity index (χ3v) is 1.37. The Balaban J connectivity index is 0. The molecule has 0 aliphatic carbocycles. The average Bonchev–Trinajstić information content (AvgIpc) is 1.86. The number of ketones is 1. The minimum atomic E-state index is -0.714. The first kappa shape index (κ1) is 12.5. The van der Waals surface area contributed by atoms with Crippen LogP contribution in [0.15, 0.2) is 0 Å². The van der Waals surface area contributed by atoms with Gasteiger partial charge in [-0.2, -0.15) is 0 Å². The van der Waals surface area contributed by atoms with Gasteiger partial charge < -0.3 is 10.5 Å². The van der Waals surface area contributed by atoms with Gasteiger partial charge in [0.05, 0.1) is 6.54 Å². The van der Waals surface area contributed by atoms with E-state index in [1.807, 2.05) is 0 Å². The molecule has 3 nitrogen and oxygen atoms in total. The molecule has 0 atom stereocenters. The number of hydrogen-bond donors (Lipinski definition) is 1. The molecule has 0 heterocycles. The normalized spacial score (nSPS) is 10.4. The van der Waals surface area contributed by atoms with Gasteiger partial charge >= 0.3 is 0 Å². The lowest BCUT2D eigenvalue weighted by Gasteiger charge is -2.19. The number of methoxy groups -OCH3 is 1. The summed E-state index contributed by atoms with van der Waals surface area (Å²) in [6.07, 6.45) is 0. The van der Waals surface area contributed by atoms with Crippen molar-refractivity contribution in [3.05, 3.63) is 0 Å². The Hall–Kier alpha value is -0.120. The molecule has 0 aromatic heterocycles. The molecule has 0 rings (SSSR count). The average molecular weight is 168 g/mol. The van der Waals surface area contributed by atoms with Crippen LogP contribution < -0.4 is 5.73 Å². The predicted octanol–water partition coefficient (Wildman–Crippen LogP) is 0.361. The molecule has 0 amide bonds. The van der Waals surface area contributed by atoms with Crippen LogP contribution in [-0.4, -0.2) is 25.0 Å². The minimum Gasteiger partial charge on any atom is -0.371 e. The predicted molar refractivity (Wildman–Crippen MR) is 42.4 cm³/mol. The molecule has 4 heteroatoms. The fourth-order valence-corrected chi connectivity index (χ4v) is 0.360. The van der Waals surface area contributed by atoms with Gasteiger partial charge in [0, 0.05) is 7.11 Å². The van der Waals surface area contributed by atoms with E-state index in [-0.39, 0.29) is 24.7 Å². The molecule has 62 valence electrons. The maximum atomic E-state index is 10.8. The monoisotopic (exact) mass is 167 g/mol. The van der Waals surface area contributed by atoms with Gasteiger partial charge in [0.1, 0.15) is 5.60 Å². The van der Waals surface area contributed by atoms with Crippen molar-refractivity contribution in [2.24, 2.45) is 5.73 Å². The lowest BCUT2D eigenvalue weighted by Crippen LogP contribution is -2.38. The molecule has 0 aliphatic heterocycles. The molecule has 2 N–H and O–H groups in total. The fourth-order valence-electron chi connectivity index (χ4n) is 0.360. The Bertz CT molecular complexity index is 114. The third-order valence-electron chi connectivity index (χ3n) is 1.37. The number of halogens is 1. The van der Waals surface area contributed by atoms with E-state index in [2.05, 4.69) is 0 Å². The van der Waals surface area contributed by atoms with Crippen molar-refractivity contribution >= 4 is 18.2 Å². The van der Waals surface area contributed by atoms with E-state index in [0.29, 0.717) is 0 Å². The van der Waals surface area contributed by atoms with Gasteiger partial charge in [0.2, 0.25) is 0 Å². The lowest BCUT2D eigenvalue weighted by molar-refractivity contribution is -0.135. The highest BCUT2D eigenvalue weighted by atomic mass is 35.5. The second kappa shape index (κ2) is 4.66. The Morgan fingerprint density at radius 1 is 1.60 bits per heavy atom. The zero-order valence-corrected chi connectivity index (χ0v) is 7.33. The van der Waals surface area contributed by atoms with Crippen LogP contribution in [0.25, 0.3) is 0 Å². The molecule has 0 saturated carbocycles. The summed E-state index contributed by atoms with van der Waals surface area (Å²) >= 11 is 0. The molecule has 0 saturated heterocycles. The van der Waals surface area contributed by atoms with Crippen LogP contribution in [0.3, 0.4) is 0 Å². The Kier molecular flexibility index (Phi) is 5.84. The number of carbonyl (C=O) groups is 1. The summed E-state index contributed by atoms with van der Waals surface area (Å²) < 4.78 is 4.86. The maximum Gasteiger partial charge on any atom is 0.177 e. The second-order valence-electron chi connectivity index (χ2n) is 2.34. The minimum absolute atomic E-state index is 0. The van der Waals surface area contributed by atoms with Crippen LogP contribution in [0.4, 0.5) is 0 Å². The second-order valence-corrected chi connectivity index (χ2v) is 2.34. The van der Waals surface area contributed by atoms with Gasteiger partial charge in [-0.25, -0.2) is 0 Å². The van der Waals surface area contributed by atoms with Crippen molar-refractivity contribution < 1.29 is 9.53 Å². The van der Waals surface area contributed by atoms with E-state index in [1.54, 1.807) is 13.8 Å². The SMILES string of the molecule is COC(C)(C)C(=O)CN.Cl. The highest BCUT2D eigenvalue weighted by molar-refractivity contribution is 5.88. The van der Waals surface area contributed by atoms with E-state index >= 15 is 0 Å². The quantitative estimate of drug-likeness (QED) is 0.661. The fraction of sp³-hybridized carbons (Fsp3) is 0.833. The molecular formula is C6H14ClNO2. The molecule has 0 spiro atoms. The highest BCUT2D eigenvalue weighted by Crippen LogP contribution is 2.06. The van der Waals surface area contributed by atoms with Gasteiger partial charge in [-0.15, -0.1) is 12.4 Å². The number of Topliss-reactive ketones (excluding diaryl/α,β-unsaturated/α-hetero) is 1. The van der Waals surface area contributed by atoms with Crippen molar-refractivity contribution in [2.45, 2.75) is 19.4 Å². The first-order valence-corrected chi connectivity index (χ1v) is 2.83. The summed E-state index contributed by atoms with van der Waals surface area (Å²) in [6, 6.07) is 0. The van der Waals surface area contributed by atoms with Crippen LogP contribution in [0.2, 0.25) is 0 Å². The van der Waals surface area contributed by atoms with Gasteiger partial charge in [-0.3, -0.25) is 4.79 Å². The molecule has 0 aromatic carbocycles. The molecule has 0 radical (unpaired) electrons. The van der Waals surface area contributed by atoms with Gasteiger partial charge in [0.25, 0.3) is 0 Å². The zero-order chi connectivity index (χ0) is 7.49. The van der Waals surface area contributed by atoms with E-state index in [0.717, 1.165) is 0 Å². The summed E-state index contributed by atoms with van der Waals surface area (Å²) in [5.41, 5.74) is 4.39. The molecule has 0 aromatic rings. The first-order valence-electron chi connectivity index (χ1n) is 2.83. The summed E-state index contributed by atoms with van der Waals surface area (Å²) in [4.78, 5) is 10.8. The maximum absolute atomic E-state index is 10.8. The van der Waals surface area contributed by atoms with E-state index in [9.17, 15) is 4.79 Å². The van der Waals surface area contributed by atoms with Crippen LogP contribution >= 0.6 is 12.4 Å². The van der Waals surface area contributed by atoms with Crippen LogP contribution in [0.1, 0.15) is 13.8 Å². The van der Waals surface area contributed by atoms with E-state index < -0.39 is 5.60 Å². The topological polar surface area (TPSA) is 52.3 Å². The van der Waals surface area contributed by atoms with Crippen molar-refractivity contribution in [3.63, 3.8) is 0 Å². The highest BCUT2D eigenvalue weighted by Gasteiger charge is 2.24.